The largest absolute Gasteiger partial charge is 0.502 e. The molecule has 1 aromatic heterocycles. The molecule has 0 spiro atoms. The summed E-state index contributed by atoms with van der Waals surface area (Å²) in [7, 11) is 1.47. The molecule has 0 amide bonds. The molecule has 1 aliphatic rings. The summed E-state index contributed by atoms with van der Waals surface area (Å²) in [5, 5.41) is 22.3. The van der Waals surface area contributed by atoms with Gasteiger partial charge in [-0.2, -0.15) is 0 Å². The normalized spacial score (nSPS) is 15.1. The highest BCUT2D eigenvalue weighted by molar-refractivity contribution is 9.10. The zero-order chi connectivity index (χ0) is 28.4. The van der Waals surface area contributed by atoms with Crippen molar-refractivity contribution in [1.29, 1.82) is 0 Å². The van der Waals surface area contributed by atoms with Crippen LogP contribution in [0, 0.1) is 10.1 Å². The maximum Gasteiger partial charge on any atom is 0.338 e. The van der Waals surface area contributed by atoms with Crippen molar-refractivity contribution in [2.75, 3.05) is 13.7 Å². The van der Waals surface area contributed by atoms with Gasteiger partial charge in [-0.05, 0) is 43.7 Å². The molecule has 4 rings (SSSR count). The first-order chi connectivity index (χ1) is 18.6. The van der Waals surface area contributed by atoms with Gasteiger partial charge in [-0.3, -0.25) is 19.5 Å². The number of hydrogen-bond donors (Lipinski definition) is 1. The Morgan fingerprint density at radius 3 is 2.72 bits per heavy atom. The van der Waals surface area contributed by atoms with Crippen molar-refractivity contribution >= 4 is 56.6 Å². The van der Waals surface area contributed by atoms with Crippen molar-refractivity contribution in [2.24, 2.45) is 4.99 Å². The monoisotopic (exact) mass is 635 g/mol. The number of ether oxygens (including phenoxy) is 2. The molecule has 1 N–H and O–H groups in total. The molecule has 0 aliphatic carbocycles. The Kier molecular flexibility index (Phi) is 8.57. The van der Waals surface area contributed by atoms with Crippen LogP contribution in [0.15, 0.2) is 55.9 Å². The zero-order valence-electron chi connectivity index (χ0n) is 21.1. The van der Waals surface area contributed by atoms with Crippen LogP contribution < -0.4 is 19.6 Å². The van der Waals surface area contributed by atoms with Gasteiger partial charge in [-0.1, -0.05) is 52.2 Å². The van der Waals surface area contributed by atoms with Crippen LogP contribution in [0.3, 0.4) is 0 Å². The molecule has 3 aromatic rings. The Morgan fingerprint density at radius 1 is 1.33 bits per heavy atom. The van der Waals surface area contributed by atoms with Crippen molar-refractivity contribution < 1.29 is 24.3 Å². The van der Waals surface area contributed by atoms with E-state index in [1.165, 1.54) is 29.9 Å². The average Bonchev–Trinajstić information content (AvgIpc) is 3.19. The number of benzene rings is 2. The Bertz CT molecular complexity index is 1700. The molecular weight excluding hydrogens is 614 g/mol. The number of allylic oxidation sites excluding steroid dienone is 1. The van der Waals surface area contributed by atoms with Crippen molar-refractivity contribution in [3.63, 3.8) is 0 Å². The van der Waals surface area contributed by atoms with Gasteiger partial charge in [-0.15, -0.1) is 0 Å². The number of phenolic OH excluding ortho intramolecular Hbond substituents is 1. The second-order valence-corrected chi connectivity index (χ2v) is 10.8. The number of esters is 1. The van der Waals surface area contributed by atoms with Crippen LogP contribution in [0.1, 0.15) is 43.9 Å². The number of aromatic nitrogens is 1. The molecule has 0 saturated carbocycles. The number of aromatic hydroxyl groups is 1. The predicted molar refractivity (Wildman–Crippen MR) is 150 cm³/mol. The van der Waals surface area contributed by atoms with E-state index >= 15 is 0 Å². The van der Waals surface area contributed by atoms with E-state index in [0.29, 0.717) is 44.1 Å². The molecule has 39 heavy (non-hydrogen) atoms. The second kappa shape index (κ2) is 11.7. The summed E-state index contributed by atoms with van der Waals surface area (Å²) in [4.78, 5) is 42.9. The van der Waals surface area contributed by atoms with E-state index in [4.69, 9.17) is 21.1 Å². The van der Waals surface area contributed by atoms with Crippen LogP contribution in [0.2, 0.25) is 5.02 Å². The highest BCUT2D eigenvalue weighted by Crippen LogP contribution is 2.38. The molecule has 0 radical (unpaired) electrons. The molecule has 2 heterocycles. The van der Waals surface area contributed by atoms with Crippen LogP contribution >= 0.6 is 38.9 Å². The number of nitrogens with zero attached hydrogens (tertiary/aromatic N) is 3. The number of thiazole rings is 1. The van der Waals surface area contributed by atoms with Crippen molar-refractivity contribution in [3.05, 3.63) is 92.0 Å². The lowest BCUT2D eigenvalue weighted by Gasteiger charge is -2.27. The Morgan fingerprint density at radius 2 is 2.08 bits per heavy atom. The van der Waals surface area contributed by atoms with E-state index in [-0.39, 0.29) is 22.3 Å². The SMILES string of the molecule is CCCC1=C(C(=O)OCC)[C@@H](c2cc(Cl)ccc2OC)n2c(s/c(=C/c3cc(Br)cc([N+](=O)[O-])c3O)c2=O)=N1. The van der Waals surface area contributed by atoms with Crippen molar-refractivity contribution in [3.8, 4) is 11.5 Å². The molecule has 0 bridgehead atoms. The standard InChI is InChI=1S/C26H23BrClN3O7S/c1-4-6-17-21(25(34)38-5-2)22(16-12-15(28)7-8-19(16)37-3)30-24(33)20(39-26(30)29-17)10-13-9-14(27)11-18(23(13)32)31(35)36/h7-12,22,32H,4-6H2,1-3H3/b20-10+/t22-/m1/s1. The van der Waals surface area contributed by atoms with Gasteiger partial charge in [0.1, 0.15) is 11.8 Å². The van der Waals surface area contributed by atoms with Crippen LogP contribution in [-0.4, -0.2) is 34.3 Å². The van der Waals surface area contributed by atoms with Gasteiger partial charge in [0.15, 0.2) is 4.80 Å². The third-order valence-corrected chi connectivity index (χ3v) is 7.62. The van der Waals surface area contributed by atoms with Gasteiger partial charge in [0.2, 0.25) is 5.75 Å². The number of halogens is 2. The third-order valence-electron chi connectivity index (χ3n) is 5.95. The first kappa shape index (κ1) is 28.5. The van der Waals surface area contributed by atoms with Gasteiger partial charge < -0.3 is 14.6 Å². The summed E-state index contributed by atoms with van der Waals surface area (Å²) in [6.45, 7) is 3.75. The highest BCUT2D eigenvalue weighted by atomic mass is 79.9. The minimum absolute atomic E-state index is 0.0663. The van der Waals surface area contributed by atoms with Crippen LogP contribution in [0.25, 0.3) is 6.08 Å². The number of nitro benzene ring substituents is 1. The predicted octanol–water partition coefficient (Wildman–Crippen LogP) is 4.62. The number of nitro groups is 1. The van der Waals surface area contributed by atoms with Gasteiger partial charge in [0.05, 0.1) is 34.4 Å². The van der Waals surface area contributed by atoms with Gasteiger partial charge in [-0.25, -0.2) is 9.79 Å². The molecule has 10 nitrogen and oxygen atoms in total. The average molecular weight is 637 g/mol. The Hall–Kier alpha value is -3.48. The smallest absolute Gasteiger partial charge is 0.338 e. The third kappa shape index (κ3) is 5.49. The fraction of sp³-hybridized carbons (Fsp3) is 0.269. The van der Waals surface area contributed by atoms with Gasteiger partial charge in [0.25, 0.3) is 5.56 Å². The number of carbonyl (C=O) groups excluding carboxylic acids is 1. The number of fused-ring (bicyclic) bond motifs is 1. The minimum atomic E-state index is -0.969. The van der Waals surface area contributed by atoms with E-state index in [1.807, 2.05) is 6.92 Å². The van der Waals surface area contributed by atoms with Crippen molar-refractivity contribution in [1.82, 2.24) is 4.57 Å². The molecule has 1 atom stereocenters. The molecular formula is C26H23BrClN3O7S. The van der Waals surface area contributed by atoms with E-state index in [2.05, 4.69) is 20.9 Å². The maximum atomic E-state index is 13.9. The Labute approximate surface area is 239 Å². The number of methoxy groups -OCH3 is 1. The van der Waals surface area contributed by atoms with Crippen molar-refractivity contribution in [2.45, 2.75) is 32.7 Å². The number of rotatable bonds is 8. The summed E-state index contributed by atoms with van der Waals surface area (Å²) >= 11 is 10.6. The molecule has 0 saturated heterocycles. The minimum Gasteiger partial charge on any atom is -0.502 e. The summed E-state index contributed by atoms with van der Waals surface area (Å²) in [5.74, 6) is -0.800. The quantitative estimate of drug-likeness (QED) is 0.217. The zero-order valence-corrected chi connectivity index (χ0v) is 24.2. The highest BCUT2D eigenvalue weighted by Gasteiger charge is 2.36. The number of phenols is 1. The van der Waals surface area contributed by atoms with E-state index in [9.17, 15) is 24.8 Å². The van der Waals surface area contributed by atoms with E-state index in [1.54, 1.807) is 25.1 Å². The second-order valence-electron chi connectivity index (χ2n) is 8.42. The molecule has 0 fully saturated rings. The molecule has 204 valence electrons. The molecule has 1 aliphatic heterocycles. The fourth-order valence-corrected chi connectivity index (χ4v) is 5.98. The fourth-order valence-electron chi connectivity index (χ4n) is 4.33. The molecule has 2 aromatic carbocycles. The molecule has 13 heteroatoms. The lowest BCUT2D eigenvalue weighted by atomic mass is 9.93. The van der Waals surface area contributed by atoms with E-state index < -0.39 is 33.9 Å². The van der Waals surface area contributed by atoms with Crippen LogP contribution in [-0.2, 0) is 9.53 Å². The first-order valence-corrected chi connectivity index (χ1v) is 13.8. The Balaban J connectivity index is 2.08. The van der Waals surface area contributed by atoms with Crippen LogP contribution in [0.4, 0.5) is 5.69 Å². The molecule has 0 unspecified atom stereocenters. The topological polar surface area (TPSA) is 133 Å². The summed E-state index contributed by atoms with van der Waals surface area (Å²) < 4.78 is 12.8. The van der Waals surface area contributed by atoms with Crippen LogP contribution in [0.5, 0.6) is 11.5 Å². The van der Waals surface area contributed by atoms with Gasteiger partial charge in [0, 0.05) is 26.7 Å². The van der Waals surface area contributed by atoms with E-state index in [0.717, 1.165) is 11.3 Å². The van der Waals surface area contributed by atoms with Gasteiger partial charge >= 0.3 is 11.7 Å². The summed E-state index contributed by atoms with van der Waals surface area (Å²) in [6, 6.07) is 6.57. The summed E-state index contributed by atoms with van der Waals surface area (Å²) in [6.07, 6.45) is 2.47. The summed E-state index contributed by atoms with van der Waals surface area (Å²) in [5.41, 5.74) is 0.155. The lowest BCUT2D eigenvalue weighted by molar-refractivity contribution is -0.385. The number of carbonyl (C=O) groups is 1. The first-order valence-electron chi connectivity index (χ1n) is 11.8. The lowest BCUT2D eigenvalue weighted by Crippen LogP contribution is -2.40. The maximum absolute atomic E-state index is 13.9. The number of hydrogen-bond acceptors (Lipinski definition) is 9.